The Morgan fingerprint density at radius 3 is 1.66 bits per heavy atom. The molecule has 2 N–H and O–H groups in total. The number of phenols is 1. The quantitative estimate of drug-likeness (QED) is 0.321. The number of aliphatic imine (C=N–C) groups is 1. The van der Waals surface area contributed by atoms with Gasteiger partial charge in [0.05, 0.1) is 5.69 Å². The van der Waals surface area contributed by atoms with Gasteiger partial charge in [-0.3, -0.25) is 4.99 Å². The fraction of sp³-hybridized carbons (Fsp3) is 0.0370. The number of hydrogen-bond donors (Lipinski definition) is 2. The van der Waals surface area contributed by atoms with Gasteiger partial charge in [0, 0.05) is 6.21 Å². The zero-order valence-electron chi connectivity index (χ0n) is 17.4. The number of carboxylic acids is 1. The van der Waals surface area contributed by atoms with Crippen LogP contribution in [0.15, 0.2) is 114 Å². The number of rotatable bonds is 7. The van der Waals surface area contributed by atoms with Gasteiger partial charge in [0.2, 0.25) is 0 Å². The van der Waals surface area contributed by atoms with Crippen LogP contribution in [0.1, 0.15) is 10.4 Å². The van der Waals surface area contributed by atoms with E-state index >= 15 is 0 Å². The molecule has 0 amide bonds. The van der Waals surface area contributed by atoms with Gasteiger partial charge in [-0.25, -0.2) is 4.79 Å². The Bertz CT molecular complexity index is 1130. The molecule has 4 rings (SSSR count). The molecular weight excluding hydrogens is 417 g/mol. The molecule has 5 heteroatoms. The molecule has 0 saturated carbocycles. The summed E-state index contributed by atoms with van der Waals surface area (Å²) < 4.78 is 0. The molecule has 0 heterocycles. The summed E-state index contributed by atoms with van der Waals surface area (Å²) in [5.74, 6) is -1.45. The normalized spacial score (nSPS) is 11.5. The lowest BCUT2D eigenvalue weighted by Crippen LogP contribution is -2.33. The summed E-state index contributed by atoms with van der Waals surface area (Å²) in [4.78, 5) is 15.9. The average molecular weight is 440 g/mol. The van der Waals surface area contributed by atoms with Crippen molar-refractivity contribution in [2.24, 2.45) is 4.99 Å². The molecule has 32 heavy (non-hydrogen) atoms. The van der Waals surface area contributed by atoms with Gasteiger partial charge < -0.3 is 10.2 Å². The highest BCUT2D eigenvalue weighted by Gasteiger charge is 2.44. The molecule has 158 valence electrons. The molecule has 0 unspecified atom stereocenters. The molecule has 0 atom stereocenters. The maximum absolute atomic E-state index is 11.4. The Balaban J connectivity index is 1.83. The Labute approximate surface area is 187 Å². The molecule has 4 nitrogen and oxygen atoms in total. The number of benzene rings is 4. The van der Waals surface area contributed by atoms with Crippen LogP contribution in [-0.4, -0.2) is 28.6 Å². The van der Waals surface area contributed by atoms with Crippen LogP contribution in [0.5, 0.6) is 5.75 Å². The average Bonchev–Trinajstić information content (AvgIpc) is 2.84. The highest BCUT2D eigenvalue weighted by molar-refractivity contribution is 7.96. The molecule has 0 bridgehead atoms. The standard InChI is InChI=1S/C27H22NO3P/c29-26-17-16-21(20-25(26)27(30)31)28-18-19-32(22-10-4-1-5-11-22,23-12-6-2-7-13-23)24-14-8-3-9-15-24/h1-18,20H,19H2,(H-,29,30,31)/p+1. The highest BCUT2D eigenvalue weighted by atomic mass is 31.2. The topological polar surface area (TPSA) is 69.9 Å². The van der Waals surface area contributed by atoms with Gasteiger partial charge in [-0.05, 0) is 54.6 Å². The van der Waals surface area contributed by atoms with E-state index in [0.717, 1.165) is 0 Å². The molecular formula is C27H23NO3P+. The highest BCUT2D eigenvalue weighted by Crippen LogP contribution is 2.54. The minimum atomic E-state index is -2.05. The van der Waals surface area contributed by atoms with Crippen molar-refractivity contribution in [2.75, 3.05) is 6.16 Å². The summed E-state index contributed by atoms with van der Waals surface area (Å²) in [5, 5.41) is 22.8. The number of carboxylic acid groups (broad SMARTS) is 1. The third-order valence-electron chi connectivity index (χ3n) is 5.40. The van der Waals surface area contributed by atoms with Gasteiger partial charge in [-0.15, -0.1) is 0 Å². The lowest BCUT2D eigenvalue weighted by molar-refractivity contribution is 0.0693. The second kappa shape index (κ2) is 9.59. The Kier molecular flexibility index (Phi) is 6.44. The van der Waals surface area contributed by atoms with E-state index in [9.17, 15) is 15.0 Å². The molecule has 0 spiro atoms. The predicted octanol–water partition coefficient (Wildman–Crippen LogP) is 4.79. The Morgan fingerprint density at radius 2 is 1.22 bits per heavy atom. The summed E-state index contributed by atoms with van der Waals surface area (Å²) in [7, 11) is -2.05. The van der Waals surface area contributed by atoms with Crippen molar-refractivity contribution in [1.29, 1.82) is 0 Å². The zero-order valence-corrected chi connectivity index (χ0v) is 18.3. The van der Waals surface area contributed by atoms with Crippen molar-refractivity contribution in [1.82, 2.24) is 0 Å². The minimum Gasteiger partial charge on any atom is -0.507 e. The van der Waals surface area contributed by atoms with E-state index in [1.54, 1.807) is 6.07 Å². The van der Waals surface area contributed by atoms with Crippen LogP contribution < -0.4 is 15.9 Å². The largest absolute Gasteiger partial charge is 0.507 e. The maximum Gasteiger partial charge on any atom is 0.339 e. The zero-order chi connectivity index (χ0) is 22.4. The number of nitrogens with zero attached hydrogens (tertiary/aromatic N) is 1. The van der Waals surface area contributed by atoms with Gasteiger partial charge in [-0.1, -0.05) is 54.6 Å². The third kappa shape index (κ3) is 4.32. The number of aromatic hydroxyl groups is 1. The SMILES string of the molecule is O=C(O)c1cc(N=CC[P+](c2ccccc2)(c2ccccc2)c2ccccc2)ccc1O. The maximum atomic E-state index is 11.4. The first kappa shape index (κ1) is 21.5. The van der Waals surface area contributed by atoms with Gasteiger partial charge in [-0.2, -0.15) is 0 Å². The fourth-order valence-corrected chi connectivity index (χ4v) is 7.75. The first-order valence-electron chi connectivity index (χ1n) is 10.2. The monoisotopic (exact) mass is 440 g/mol. The van der Waals surface area contributed by atoms with E-state index in [2.05, 4.69) is 77.8 Å². The summed E-state index contributed by atoms with van der Waals surface area (Å²) in [6, 6.07) is 35.8. The van der Waals surface area contributed by atoms with E-state index < -0.39 is 13.2 Å². The van der Waals surface area contributed by atoms with E-state index in [0.29, 0.717) is 11.8 Å². The van der Waals surface area contributed by atoms with Crippen molar-refractivity contribution in [3.8, 4) is 5.75 Å². The summed E-state index contributed by atoms with van der Waals surface area (Å²) in [5.41, 5.74) is 0.336. The second-order valence-corrected chi connectivity index (χ2v) is 10.9. The number of carbonyl (C=O) groups is 1. The van der Waals surface area contributed by atoms with E-state index in [4.69, 9.17) is 0 Å². The van der Waals surface area contributed by atoms with Crippen molar-refractivity contribution in [3.05, 3.63) is 115 Å². The van der Waals surface area contributed by atoms with Crippen LogP contribution in [0.25, 0.3) is 0 Å². The third-order valence-corrected chi connectivity index (χ3v) is 9.65. The first-order valence-corrected chi connectivity index (χ1v) is 12.2. The molecule has 4 aromatic carbocycles. The second-order valence-electron chi connectivity index (χ2n) is 7.32. The van der Waals surface area contributed by atoms with Crippen molar-refractivity contribution >= 4 is 41.0 Å². The number of aromatic carboxylic acids is 1. The lowest BCUT2D eigenvalue weighted by atomic mass is 10.2. The van der Waals surface area contributed by atoms with Gasteiger partial charge in [0.15, 0.2) is 0 Å². The van der Waals surface area contributed by atoms with Gasteiger partial charge >= 0.3 is 5.97 Å². The van der Waals surface area contributed by atoms with E-state index in [1.165, 1.54) is 28.0 Å². The lowest BCUT2D eigenvalue weighted by Gasteiger charge is -2.26. The molecule has 0 fully saturated rings. The molecule has 0 saturated heterocycles. The molecule has 0 aliphatic carbocycles. The summed E-state index contributed by atoms with van der Waals surface area (Å²) in [6.45, 7) is 0. The minimum absolute atomic E-state index is 0.158. The van der Waals surface area contributed by atoms with Crippen molar-refractivity contribution in [2.45, 2.75) is 0 Å². The molecule has 0 radical (unpaired) electrons. The predicted molar refractivity (Wildman–Crippen MR) is 133 cm³/mol. The van der Waals surface area contributed by atoms with Gasteiger partial charge in [0.1, 0.15) is 40.7 Å². The van der Waals surface area contributed by atoms with Gasteiger partial charge in [0.25, 0.3) is 0 Å². The Morgan fingerprint density at radius 1 is 0.750 bits per heavy atom. The molecule has 0 aliphatic heterocycles. The first-order chi connectivity index (χ1) is 15.6. The van der Waals surface area contributed by atoms with E-state index in [1.807, 2.05) is 24.4 Å². The fourth-order valence-electron chi connectivity index (χ4n) is 3.86. The number of hydrogen-bond acceptors (Lipinski definition) is 3. The van der Waals surface area contributed by atoms with Crippen LogP contribution in [0.2, 0.25) is 0 Å². The summed E-state index contributed by atoms with van der Waals surface area (Å²) >= 11 is 0. The molecule has 0 aromatic heterocycles. The van der Waals surface area contributed by atoms with E-state index in [-0.39, 0.29) is 11.3 Å². The smallest absolute Gasteiger partial charge is 0.339 e. The molecule has 4 aromatic rings. The van der Waals surface area contributed by atoms with Crippen LogP contribution in [-0.2, 0) is 0 Å². The van der Waals surface area contributed by atoms with Crippen LogP contribution in [0, 0.1) is 0 Å². The van der Waals surface area contributed by atoms with Crippen LogP contribution >= 0.6 is 7.26 Å². The Hall–Kier alpha value is -3.75. The molecule has 0 aliphatic rings. The van der Waals surface area contributed by atoms with Crippen LogP contribution in [0.4, 0.5) is 5.69 Å². The van der Waals surface area contributed by atoms with Crippen LogP contribution in [0.3, 0.4) is 0 Å². The summed E-state index contributed by atoms with van der Waals surface area (Å²) in [6.07, 6.45) is 2.55. The van der Waals surface area contributed by atoms with Crippen molar-refractivity contribution in [3.63, 3.8) is 0 Å². The van der Waals surface area contributed by atoms with Crippen molar-refractivity contribution < 1.29 is 15.0 Å².